The van der Waals surface area contributed by atoms with Gasteiger partial charge in [-0.15, -0.1) is 11.3 Å². The van der Waals surface area contributed by atoms with Gasteiger partial charge >= 0.3 is 5.97 Å². The molecule has 2 aromatic rings. The monoisotopic (exact) mass is 295 g/mol. The van der Waals surface area contributed by atoms with Crippen molar-refractivity contribution in [3.63, 3.8) is 0 Å². The van der Waals surface area contributed by atoms with Gasteiger partial charge in [0.15, 0.2) is 0 Å². The Bertz CT molecular complexity index is 582. The number of aryl methyl sites for hydroxylation is 1. The van der Waals surface area contributed by atoms with E-state index in [-0.39, 0.29) is 6.54 Å². The second-order valence-corrected chi connectivity index (χ2v) is 6.05. The van der Waals surface area contributed by atoms with Gasteiger partial charge in [-0.05, 0) is 37.3 Å². The maximum absolute atomic E-state index is 11.0. The fourth-order valence-corrected chi connectivity index (χ4v) is 2.92. The number of hydrogen-bond acceptors (Lipinski definition) is 3. The zero-order valence-corrected chi connectivity index (χ0v) is 12.0. The highest BCUT2D eigenvalue weighted by atomic mass is 35.5. The number of carboxylic acids is 1. The molecule has 0 amide bonds. The van der Waals surface area contributed by atoms with E-state index in [2.05, 4.69) is 0 Å². The standard InChI is InChI=1S/C14H14ClNO2S/c1-10-5-6-13(19-10)8-16(9-14(17)18)12-4-2-3-11(15)7-12/h2-7H,8-9H2,1H3,(H,17,18). The summed E-state index contributed by atoms with van der Waals surface area (Å²) in [5.41, 5.74) is 0.820. The van der Waals surface area contributed by atoms with Crippen LogP contribution >= 0.6 is 22.9 Å². The Morgan fingerprint density at radius 1 is 1.37 bits per heavy atom. The van der Waals surface area contributed by atoms with Crippen molar-refractivity contribution in [2.24, 2.45) is 0 Å². The Kier molecular flexibility index (Phi) is 4.45. The minimum absolute atomic E-state index is 0.0444. The third-order valence-corrected chi connectivity index (χ3v) is 3.86. The van der Waals surface area contributed by atoms with Gasteiger partial charge in [-0.1, -0.05) is 17.7 Å². The van der Waals surface area contributed by atoms with Crippen LogP contribution in [0.2, 0.25) is 5.02 Å². The van der Waals surface area contributed by atoms with E-state index in [9.17, 15) is 4.79 Å². The van der Waals surface area contributed by atoms with E-state index in [4.69, 9.17) is 16.7 Å². The minimum atomic E-state index is -0.853. The largest absolute Gasteiger partial charge is 0.480 e. The van der Waals surface area contributed by atoms with Gasteiger partial charge in [-0.2, -0.15) is 0 Å². The molecular formula is C14H14ClNO2S. The van der Waals surface area contributed by atoms with Gasteiger partial charge in [-0.3, -0.25) is 4.79 Å². The number of nitrogens with zero attached hydrogens (tertiary/aromatic N) is 1. The molecule has 1 N–H and O–H groups in total. The third kappa shape index (κ3) is 3.98. The topological polar surface area (TPSA) is 40.5 Å². The molecule has 0 aliphatic carbocycles. The first kappa shape index (κ1) is 13.9. The second-order valence-electron chi connectivity index (χ2n) is 4.24. The molecule has 0 saturated carbocycles. The van der Waals surface area contributed by atoms with Crippen molar-refractivity contribution in [1.82, 2.24) is 0 Å². The molecule has 0 saturated heterocycles. The van der Waals surface area contributed by atoms with Crippen molar-refractivity contribution in [3.05, 3.63) is 51.2 Å². The SMILES string of the molecule is Cc1ccc(CN(CC(=O)O)c2cccc(Cl)c2)s1. The lowest BCUT2D eigenvalue weighted by Crippen LogP contribution is -2.28. The highest BCUT2D eigenvalue weighted by Crippen LogP contribution is 2.24. The summed E-state index contributed by atoms with van der Waals surface area (Å²) in [6, 6.07) is 11.3. The highest BCUT2D eigenvalue weighted by Gasteiger charge is 2.12. The summed E-state index contributed by atoms with van der Waals surface area (Å²) in [7, 11) is 0. The van der Waals surface area contributed by atoms with Crippen LogP contribution in [0.15, 0.2) is 36.4 Å². The molecule has 0 unspecified atom stereocenters. The molecule has 0 spiro atoms. The van der Waals surface area contributed by atoms with Crippen molar-refractivity contribution in [3.8, 4) is 0 Å². The lowest BCUT2D eigenvalue weighted by Gasteiger charge is -2.22. The molecule has 1 heterocycles. The van der Waals surface area contributed by atoms with E-state index < -0.39 is 5.97 Å². The molecule has 0 aliphatic heterocycles. The normalized spacial score (nSPS) is 10.4. The molecule has 1 aromatic carbocycles. The maximum Gasteiger partial charge on any atom is 0.323 e. The predicted octanol–water partition coefficient (Wildman–Crippen LogP) is 3.80. The molecule has 0 aliphatic rings. The van der Waals surface area contributed by atoms with Crippen molar-refractivity contribution in [2.75, 3.05) is 11.4 Å². The maximum atomic E-state index is 11.0. The summed E-state index contributed by atoms with van der Waals surface area (Å²) in [4.78, 5) is 15.2. The Labute approximate surface area is 121 Å². The number of carboxylic acid groups (broad SMARTS) is 1. The molecule has 0 radical (unpaired) electrons. The van der Waals surface area contributed by atoms with Gasteiger partial charge in [0, 0.05) is 20.5 Å². The zero-order chi connectivity index (χ0) is 13.8. The summed E-state index contributed by atoms with van der Waals surface area (Å²) in [5, 5.41) is 9.63. The lowest BCUT2D eigenvalue weighted by atomic mass is 10.2. The van der Waals surface area contributed by atoms with Crippen LogP contribution in [0, 0.1) is 6.92 Å². The van der Waals surface area contributed by atoms with E-state index in [1.165, 1.54) is 4.88 Å². The van der Waals surface area contributed by atoms with Crippen LogP contribution in [0.1, 0.15) is 9.75 Å². The molecule has 0 atom stereocenters. The van der Waals surface area contributed by atoms with E-state index in [1.54, 1.807) is 28.4 Å². The number of thiophene rings is 1. The Balaban J connectivity index is 2.22. The highest BCUT2D eigenvalue weighted by molar-refractivity contribution is 7.11. The molecular weight excluding hydrogens is 282 g/mol. The van der Waals surface area contributed by atoms with Gasteiger partial charge in [-0.25, -0.2) is 0 Å². The summed E-state index contributed by atoms with van der Waals surface area (Å²) in [5.74, 6) is -0.853. The molecule has 3 nitrogen and oxygen atoms in total. The molecule has 2 rings (SSSR count). The van der Waals surface area contributed by atoms with Crippen molar-refractivity contribution >= 4 is 34.6 Å². The van der Waals surface area contributed by atoms with Crippen molar-refractivity contribution in [1.29, 1.82) is 0 Å². The quantitative estimate of drug-likeness (QED) is 0.912. The molecule has 1 aromatic heterocycles. The van der Waals surface area contributed by atoms with Crippen LogP contribution < -0.4 is 4.90 Å². The third-order valence-electron chi connectivity index (χ3n) is 2.64. The zero-order valence-electron chi connectivity index (χ0n) is 10.5. The first-order valence-electron chi connectivity index (χ1n) is 5.82. The van der Waals surface area contributed by atoms with Gasteiger partial charge in [0.1, 0.15) is 6.54 Å². The van der Waals surface area contributed by atoms with E-state index in [0.29, 0.717) is 11.6 Å². The lowest BCUT2D eigenvalue weighted by molar-refractivity contribution is -0.135. The Morgan fingerprint density at radius 3 is 2.74 bits per heavy atom. The summed E-state index contributed by atoms with van der Waals surface area (Å²) >= 11 is 7.64. The molecule has 0 bridgehead atoms. The molecule has 5 heteroatoms. The minimum Gasteiger partial charge on any atom is -0.480 e. The Morgan fingerprint density at radius 2 is 2.16 bits per heavy atom. The average molecular weight is 296 g/mol. The van der Waals surface area contributed by atoms with Crippen LogP contribution in [0.4, 0.5) is 5.69 Å². The van der Waals surface area contributed by atoms with E-state index >= 15 is 0 Å². The number of rotatable bonds is 5. The summed E-state index contributed by atoms with van der Waals surface area (Å²) < 4.78 is 0. The van der Waals surface area contributed by atoms with Gasteiger partial charge in [0.25, 0.3) is 0 Å². The van der Waals surface area contributed by atoms with Crippen molar-refractivity contribution < 1.29 is 9.90 Å². The summed E-state index contributed by atoms with van der Waals surface area (Å²) in [6.45, 7) is 2.57. The van der Waals surface area contributed by atoms with E-state index in [0.717, 1.165) is 10.6 Å². The predicted molar refractivity (Wildman–Crippen MR) is 79.2 cm³/mol. The van der Waals surface area contributed by atoms with Gasteiger partial charge in [0.2, 0.25) is 0 Å². The number of benzene rings is 1. The number of aliphatic carboxylic acids is 1. The van der Waals surface area contributed by atoms with Crippen LogP contribution in [-0.4, -0.2) is 17.6 Å². The molecule has 100 valence electrons. The number of hydrogen-bond donors (Lipinski definition) is 1. The van der Waals surface area contributed by atoms with Crippen LogP contribution in [0.3, 0.4) is 0 Å². The average Bonchev–Trinajstić information content (AvgIpc) is 2.73. The van der Waals surface area contributed by atoms with Crippen molar-refractivity contribution in [2.45, 2.75) is 13.5 Å². The van der Waals surface area contributed by atoms with Crippen LogP contribution in [0.5, 0.6) is 0 Å². The Hall–Kier alpha value is -1.52. The number of anilines is 1. The fourth-order valence-electron chi connectivity index (χ4n) is 1.83. The molecule has 19 heavy (non-hydrogen) atoms. The summed E-state index contributed by atoms with van der Waals surface area (Å²) in [6.07, 6.45) is 0. The number of halogens is 1. The van der Waals surface area contributed by atoms with Gasteiger partial charge < -0.3 is 10.0 Å². The smallest absolute Gasteiger partial charge is 0.323 e. The van der Waals surface area contributed by atoms with E-state index in [1.807, 2.05) is 31.2 Å². The second kappa shape index (κ2) is 6.08. The first-order chi connectivity index (χ1) is 9.04. The van der Waals surface area contributed by atoms with Crippen LogP contribution in [-0.2, 0) is 11.3 Å². The van der Waals surface area contributed by atoms with Gasteiger partial charge in [0.05, 0.1) is 6.54 Å². The first-order valence-corrected chi connectivity index (χ1v) is 7.01. The van der Waals surface area contributed by atoms with Crippen LogP contribution in [0.25, 0.3) is 0 Å². The molecule has 0 fully saturated rings. The fraction of sp³-hybridized carbons (Fsp3) is 0.214. The number of carbonyl (C=O) groups is 1.